The SMILES string of the molecule is CCNC(=NCCc1nc(C)no1)N1CCN(c2ccc(F)cc2)CC1. The Labute approximate surface area is 152 Å². The lowest BCUT2D eigenvalue weighted by atomic mass is 10.2. The monoisotopic (exact) mass is 360 g/mol. The van der Waals surface area contributed by atoms with Crippen LogP contribution in [0.1, 0.15) is 18.6 Å². The van der Waals surface area contributed by atoms with Gasteiger partial charge in [0.05, 0.1) is 6.54 Å². The Hall–Kier alpha value is -2.64. The second kappa shape index (κ2) is 8.64. The molecule has 1 aliphatic rings. The highest BCUT2D eigenvalue weighted by Crippen LogP contribution is 2.17. The van der Waals surface area contributed by atoms with E-state index in [1.807, 2.05) is 12.1 Å². The Morgan fingerprint density at radius 1 is 1.23 bits per heavy atom. The molecule has 2 heterocycles. The standard InChI is InChI=1S/C18H25FN6O/c1-3-20-18(21-9-8-17-22-14(2)23-26-17)25-12-10-24(11-13-25)16-6-4-15(19)5-7-16/h4-7H,3,8-13H2,1-2H3,(H,20,21). The molecule has 0 spiro atoms. The van der Waals surface area contributed by atoms with Crippen LogP contribution in [0.5, 0.6) is 0 Å². The van der Waals surface area contributed by atoms with Crippen LogP contribution in [0.15, 0.2) is 33.8 Å². The molecule has 1 N–H and O–H groups in total. The van der Waals surface area contributed by atoms with Crippen molar-refractivity contribution in [2.24, 2.45) is 4.99 Å². The summed E-state index contributed by atoms with van der Waals surface area (Å²) in [4.78, 5) is 13.4. The number of aliphatic imine (C=N–C) groups is 1. The minimum absolute atomic E-state index is 0.203. The predicted octanol–water partition coefficient (Wildman–Crippen LogP) is 1.85. The average molecular weight is 360 g/mol. The second-order valence-corrected chi connectivity index (χ2v) is 6.17. The molecule has 1 aromatic heterocycles. The maximum absolute atomic E-state index is 13.1. The molecule has 0 aliphatic carbocycles. The topological polar surface area (TPSA) is 69.8 Å². The van der Waals surface area contributed by atoms with Gasteiger partial charge >= 0.3 is 0 Å². The fraction of sp³-hybridized carbons (Fsp3) is 0.500. The summed E-state index contributed by atoms with van der Waals surface area (Å²) in [7, 11) is 0. The summed E-state index contributed by atoms with van der Waals surface area (Å²) in [6.07, 6.45) is 0.630. The van der Waals surface area contributed by atoms with Crippen LogP contribution >= 0.6 is 0 Å². The fourth-order valence-electron chi connectivity index (χ4n) is 2.95. The van der Waals surface area contributed by atoms with Gasteiger partial charge < -0.3 is 19.6 Å². The van der Waals surface area contributed by atoms with E-state index in [-0.39, 0.29) is 5.82 Å². The molecule has 3 rings (SSSR count). The van der Waals surface area contributed by atoms with Gasteiger partial charge in [0.2, 0.25) is 5.89 Å². The lowest BCUT2D eigenvalue weighted by Crippen LogP contribution is -2.52. The Kier molecular flexibility index (Phi) is 6.04. The minimum atomic E-state index is -0.203. The van der Waals surface area contributed by atoms with E-state index >= 15 is 0 Å². The van der Waals surface area contributed by atoms with Crippen LogP contribution in [0.2, 0.25) is 0 Å². The van der Waals surface area contributed by atoms with E-state index in [4.69, 9.17) is 4.52 Å². The summed E-state index contributed by atoms with van der Waals surface area (Å²) in [6.45, 7) is 8.76. The maximum atomic E-state index is 13.1. The van der Waals surface area contributed by atoms with Gasteiger partial charge in [0.25, 0.3) is 0 Å². The van der Waals surface area contributed by atoms with Crippen LogP contribution in [0.3, 0.4) is 0 Å². The molecule has 7 nitrogen and oxygen atoms in total. The van der Waals surface area contributed by atoms with Gasteiger partial charge in [-0.05, 0) is 38.1 Å². The van der Waals surface area contributed by atoms with E-state index in [0.29, 0.717) is 24.7 Å². The number of nitrogens with zero attached hydrogens (tertiary/aromatic N) is 5. The molecular formula is C18H25FN6O. The highest BCUT2D eigenvalue weighted by atomic mass is 19.1. The van der Waals surface area contributed by atoms with E-state index in [9.17, 15) is 4.39 Å². The normalized spacial score (nSPS) is 15.4. The van der Waals surface area contributed by atoms with Gasteiger partial charge in [-0.2, -0.15) is 4.98 Å². The lowest BCUT2D eigenvalue weighted by Gasteiger charge is -2.37. The van der Waals surface area contributed by atoms with E-state index in [0.717, 1.165) is 44.4 Å². The van der Waals surface area contributed by atoms with Crippen LogP contribution in [0.4, 0.5) is 10.1 Å². The van der Waals surface area contributed by atoms with Crippen molar-refractivity contribution in [2.45, 2.75) is 20.3 Å². The number of benzene rings is 1. The van der Waals surface area contributed by atoms with Gasteiger partial charge in [0.1, 0.15) is 5.82 Å². The third kappa shape index (κ3) is 4.71. The molecule has 0 atom stereocenters. The van der Waals surface area contributed by atoms with E-state index in [1.165, 1.54) is 12.1 Å². The Morgan fingerprint density at radius 3 is 2.58 bits per heavy atom. The van der Waals surface area contributed by atoms with Crippen LogP contribution in [-0.4, -0.2) is 60.3 Å². The third-order valence-electron chi connectivity index (χ3n) is 4.26. The van der Waals surface area contributed by atoms with Crippen molar-refractivity contribution in [3.05, 3.63) is 41.8 Å². The molecule has 0 radical (unpaired) electrons. The molecule has 26 heavy (non-hydrogen) atoms. The van der Waals surface area contributed by atoms with Gasteiger partial charge in [-0.15, -0.1) is 0 Å². The number of hydrogen-bond donors (Lipinski definition) is 1. The van der Waals surface area contributed by atoms with Crippen molar-refractivity contribution in [3.8, 4) is 0 Å². The molecule has 140 valence electrons. The number of piperazine rings is 1. The summed E-state index contributed by atoms with van der Waals surface area (Å²) in [5, 5.41) is 7.14. The number of rotatable bonds is 5. The van der Waals surface area contributed by atoms with Crippen LogP contribution in [-0.2, 0) is 6.42 Å². The molecule has 8 heteroatoms. The third-order valence-corrected chi connectivity index (χ3v) is 4.26. The molecule has 1 aliphatic heterocycles. The van der Waals surface area contributed by atoms with Crippen molar-refractivity contribution in [2.75, 3.05) is 44.2 Å². The summed E-state index contributed by atoms with van der Waals surface area (Å²) in [5.41, 5.74) is 1.06. The van der Waals surface area contributed by atoms with Crippen LogP contribution in [0.25, 0.3) is 0 Å². The minimum Gasteiger partial charge on any atom is -0.368 e. The number of aryl methyl sites for hydroxylation is 1. The molecule has 0 amide bonds. The fourth-order valence-corrected chi connectivity index (χ4v) is 2.95. The number of nitrogens with one attached hydrogen (secondary N) is 1. The Morgan fingerprint density at radius 2 is 1.96 bits per heavy atom. The molecule has 0 unspecified atom stereocenters. The number of guanidine groups is 1. The molecule has 1 fully saturated rings. The molecule has 2 aromatic rings. The van der Waals surface area contributed by atoms with Crippen molar-refractivity contribution in [3.63, 3.8) is 0 Å². The summed E-state index contributed by atoms with van der Waals surface area (Å²) in [6, 6.07) is 6.67. The van der Waals surface area contributed by atoms with E-state index in [1.54, 1.807) is 6.92 Å². The summed E-state index contributed by atoms with van der Waals surface area (Å²) >= 11 is 0. The largest absolute Gasteiger partial charge is 0.368 e. The van der Waals surface area contributed by atoms with E-state index in [2.05, 4.69) is 37.2 Å². The van der Waals surface area contributed by atoms with Crippen molar-refractivity contribution >= 4 is 11.6 Å². The zero-order valence-electron chi connectivity index (χ0n) is 15.3. The van der Waals surface area contributed by atoms with Gasteiger partial charge in [0, 0.05) is 44.8 Å². The second-order valence-electron chi connectivity index (χ2n) is 6.17. The quantitative estimate of drug-likeness (QED) is 0.648. The summed E-state index contributed by atoms with van der Waals surface area (Å²) in [5.74, 6) is 1.96. The first-order valence-corrected chi connectivity index (χ1v) is 8.98. The van der Waals surface area contributed by atoms with Gasteiger partial charge in [-0.1, -0.05) is 5.16 Å². The predicted molar refractivity (Wildman–Crippen MR) is 98.9 cm³/mol. The van der Waals surface area contributed by atoms with E-state index < -0.39 is 0 Å². The molecule has 0 bridgehead atoms. The molecule has 1 saturated heterocycles. The first-order valence-electron chi connectivity index (χ1n) is 8.98. The smallest absolute Gasteiger partial charge is 0.228 e. The first-order chi connectivity index (χ1) is 12.7. The first kappa shape index (κ1) is 18.2. The van der Waals surface area contributed by atoms with Crippen molar-refractivity contribution < 1.29 is 8.91 Å². The zero-order chi connectivity index (χ0) is 18.4. The molecular weight excluding hydrogens is 335 g/mol. The molecule has 1 aromatic carbocycles. The van der Waals surface area contributed by atoms with Crippen LogP contribution < -0.4 is 10.2 Å². The number of aromatic nitrogens is 2. The van der Waals surface area contributed by atoms with Crippen molar-refractivity contribution in [1.82, 2.24) is 20.4 Å². The van der Waals surface area contributed by atoms with Crippen molar-refractivity contribution in [1.29, 1.82) is 0 Å². The number of hydrogen-bond acceptors (Lipinski definition) is 5. The highest BCUT2D eigenvalue weighted by molar-refractivity contribution is 5.80. The zero-order valence-corrected chi connectivity index (χ0v) is 15.3. The number of halogens is 1. The number of anilines is 1. The molecule has 0 saturated carbocycles. The van der Waals surface area contributed by atoms with Gasteiger partial charge in [0.15, 0.2) is 11.8 Å². The van der Waals surface area contributed by atoms with Crippen LogP contribution in [0, 0.1) is 12.7 Å². The van der Waals surface area contributed by atoms with Gasteiger partial charge in [-0.25, -0.2) is 4.39 Å². The van der Waals surface area contributed by atoms with Gasteiger partial charge in [-0.3, -0.25) is 4.99 Å². The average Bonchev–Trinajstić information content (AvgIpc) is 3.07. The lowest BCUT2D eigenvalue weighted by molar-refractivity contribution is 0.368. The highest BCUT2D eigenvalue weighted by Gasteiger charge is 2.19. The Bertz CT molecular complexity index is 722. The maximum Gasteiger partial charge on any atom is 0.228 e. The Balaban J connectivity index is 1.55. The summed E-state index contributed by atoms with van der Waals surface area (Å²) < 4.78 is 18.2.